The maximum Gasteiger partial charge on any atom is 0.161 e. The summed E-state index contributed by atoms with van der Waals surface area (Å²) in [6.07, 6.45) is 0. The molecule has 94 valence electrons. The minimum Gasteiger partial charge on any atom is -0.507 e. The highest BCUT2D eigenvalue weighted by molar-refractivity contribution is 5.63. The minimum atomic E-state index is 0.315. The Bertz CT molecular complexity index is 519. The van der Waals surface area contributed by atoms with Crippen molar-refractivity contribution in [3.63, 3.8) is 0 Å². The molecule has 0 aliphatic carbocycles. The molecule has 2 rings (SSSR count). The Labute approximate surface area is 107 Å². The van der Waals surface area contributed by atoms with Gasteiger partial charge in [0.1, 0.15) is 11.6 Å². The predicted molar refractivity (Wildman–Crippen MR) is 72.5 cm³/mol. The lowest BCUT2D eigenvalue weighted by Crippen LogP contribution is -2.02. The van der Waals surface area contributed by atoms with Crippen LogP contribution in [0.3, 0.4) is 0 Å². The molecular formula is C14H17N3O. The van der Waals surface area contributed by atoms with Crippen LogP contribution in [0.5, 0.6) is 5.75 Å². The normalized spacial score (nSPS) is 10.7. The topological polar surface area (TPSA) is 72.0 Å². The number of nitrogens with zero attached hydrogens (tertiary/aromatic N) is 2. The van der Waals surface area contributed by atoms with Crippen LogP contribution in [0.25, 0.3) is 11.4 Å². The molecule has 0 radical (unpaired) electrons. The van der Waals surface area contributed by atoms with E-state index in [1.165, 1.54) is 0 Å². The molecule has 0 fully saturated rings. The third-order valence-electron chi connectivity index (χ3n) is 3.18. The Kier molecular flexibility index (Phi) is 2.95. The predicted octanol–water partition coefficient (Wildman–Crippen LogP) is 2.67. The molecule has 0 aliphatic rings. The average molecular weight is 243 g/mol. The van der Waals surface area contributed by atoms with Crippen molar-refractivity contribution in [1.82, 2.24) is 9.97 Å². The van der Waals surface area contributed by atoms with Gasteiger partial charge in [0.2, 0.25) is 0 Å². The van der Waals surface area contributed by atoms with E-state index in [9.17, 15) is 5.11 Å². The zero-order chi connectivity index (χ0) is 13.4. The van der Waals surface area contributed by atoms with Crippen molar-refractivity contribution in [1.29, 1.82) is 0 Å². The van der Waals surface area contributed by atoms with Crippen LogP contribution < -0.4 is 5.73 Å². The van der Waals surface area contributed by atoms with Gasteiger partial charge in [0.15, 0.2) is 5.82 Å². The van der Waals surface area contributed by atoms with Gasteiger partial charge in [-0.2, -0.15) is 0 Å². The summed E-state index contributed by atoms with van der Waals surface area (Å²) in [5.41, 5.74) is 10.1. The number of hydrogen-bond acceptors (Lipinski definition) is 4. The summed E-state index contributed by atoms with van der Waals surface area (Å²) in [7, 11) is 0. The van der Waals surface area contributed by atoms with E-state index in [1.54, 1.807) is 0 Å². The van der Waals surface area contributed by atoms with Gasteiger partial charge < -0.3 is 10.8 Å². The molecule has 4 nitrogen and oxygen atoms in total. The van der Waals surface area contributed by atoms with Crippen molar-refractivity contribution in [3.8, 4) is 17.1 Å². The number of anilines is 1. The Morgan fingerprint density at radius 1 is 1.00 bits per heavy atom. The summed E-state index contributed by atoms with van der Waals surface area (Å²) in [6, 6.07) is 3.73. The summed E-state index contributed by atoms with van der Waals surface area (Å²) in [6.45, 7) is 7.53. The lowest BCUT2D eigenvalue weighted by atomic mass is 10.0. The van der Waals surface area contributed by atoms with Gasteiger partial charge in [0, 0.05) is 16.8 Å². The van der Waals surface area contributed by atoms with E-state index in [1.807, 2.05) is 39.8 Å². The van der Waals surface area contributed by atoms with Gasteiger partial charge in [0.05, 0.1) is 0 Å². The Morgan fingerprint density at radius 3 is 2.06 bits per heavy atom. The summed E-state index contributed by atoms with van der Waals surface area (Å²) < 4.78 is 0. The van der Waals surface area contributed by atoms with E-state index in [0.717, 1.165) is 27.9 Å². The molecular weight excluding hydrogens is 226 g/mol. The van der Waals surface area contributed by atoms with Gasteiger partial charge in [-0.1, -0.05) is 0 Å². The second-order valence-electron chi connectivity index (χ2n) is 4.60. The average Bonchev–Trinajstić information content (AvgIpc) is 2.31. The number of nitrogen functional groups attached to an aromatic ring is 1. The van der Waals surface area contributed by atoms with E-state index in [4.69, 9.17) is 5.73 Å². The first kappa shape index (κ1) is 12.4. The second kappa shape index (κ2) is 4.29. The van der Waals surface area contributed by atoms with Gasteiger partial charge in [-0.25, -0.2) is 9.97 Å². The molecule has 0 saturated heterocycles. The van der Waals surface area contributed by atoms with Crippen molar-refractivity contribution >= 4 is 5.82 Å². The smallest absolute Gasteiger partial charge is 0.161 e. The number of phenolic OH excluding ortho intramolecular Hbond substituents is 1. The molecule has 4 heteroatoms. The minimum absolute atomic E-state index is 0.315. The number of nitrogens with two attached hydrogens (primary N) is 1. The molecule has 0 atom stereocenters. The number of aryl methyl sites for hydroxylation is 3. The van der Waals surface area contributed by atoms with Gasteiger partial charge in [-0.05, 0) is 51.0 Å². The van der Waals surface area contributed by atoms with Crippen LogP contribution in [0, 0.1) is 27.7 Å². The number of aromatic nitrogens is 2. The molecule has 0 aliphatic heterocycles. The van der Waals surface area contributed by atoms with E-state index >= 15 is 0 Å². The van der Waals surface area contributed by atoms with Crippen molar-refractivity contribution < 1.29 is 5.11 Å². The van der Waals surface area contributed by atoms with E-state index in [0.29, 0.717) is 17.4 Å². The first-order valence-electron chi connectivity index (χ1n) is 5.81. The maximum atomic E-state index is 9.77. The van der Waals surface area contributed by atoms with E-state index < -0.39 is 0 Å². The third-order valence-corrected chi connectivity index (χ3v) is 3.18. The monoisotopic (exact) mass is 243 g/mol. The van der Waals surface area contributed by atoms with E-state index in [2.05, 4.69) is 9.97 Å². The quantitative estimate of drug-likeness (QED) is 0.807. The Morgan fingerprint density at radius 2 is 1.56 bits per heavy atom. The van der Waals surface area contributed by atoms with E-state index in [-0.39, 0.29) is 0 Å². The maximum absolute atomic E-state index is 9.77. The molecule has 2 aromatic rings. The van der Waals surface area contributed by atoms with Crippen molar-refractivity contribution in [3.05, 3.63) is 34.5 Å². The standard InChI is InChI=1S/C14H17N3O/c1-7-5-11(6-8(2)12(7)18)14-16-10(4)9(3)13(15)17-14/h5-6,18H,1-4H3,(H2,15,16,17). The van der Waals surface area contributed by atoms with Crippen LogP contribution in [0.1, 0.15) is 22.4 Å². The Balaban J connectivity index is 2.63. The van der Waals surface area contributed by atoms with Crippen LogP contribution in [-0.4, -0.2) is 15.1 Å². The zero-order valence-corrected chi connectivity index (χ0v) is 11.1. The van der Waals surface area contributed by atoms with Gasteiger partial charge in [-0.15, -0.1) is 0 Å². The lowest BCUT2D eigenvalue weighted by Gasteiger charge is -2.10. The van der Waals surface area contributed by atoms with Crippen LogP contribution in [0.15, 0.2) is 12.1 Å². The lowest BCUT2D eigenvalue weighted by molar-refractivity contribution is 0.467. The van der Waals surface area contributed by atoms with Crippen LogP contribution in [0.4, 0.5) is 5.82 Å². The fourth-order valence-corrected chi connectivity index (χ4v) is 1.87. The molecule has 1 heterocycles. The molecule has 1 aromatic carbocycles. The molecule has 0 spiro atoms. The highest BCUT2D eigenvalue weighted by Gasteiger charge is 2.10. The highest BCUT2D eigenvalue weighted by atomic mass is 16.3. The van der Waals surface area contributed by atoms with Crippen molar-refractivity contribution in [2.24, 2.45) is 0 Å². The molecule has 0 unspecified atom stereocenters. The fraction of sp³-hybridized carbons (Fsp3) is 0.286. The molecule has 0 saturated carbocycles. The van der Waals surface area contributed by atoms with Gasteiger partial charge in [0.25, 0.3) is 0 Å². The van der Waals surface area contributed by atoms with Gasteiger partial charge in [-0.3, -0.25) is 0 Å². The van der Waals surface area contributed by atoms with Crippen molar-refractivity contribution in [2.75, 3.05) is 5.73 Å². The molecule has 1 aromatic heterocycles. The summed E-state index contributed by atoms with van der Waals surface area (Å²) in [5.74, 6) is 1.42. The van der Waals surface area contributed by atoms with Crippen LogP contribution >= 0.6 is 0 Å². The van der Waals surface area contributed by atoms with Gasteiger partial charge >= 0.3 is 0 Å². The highest BCUT2D eigenvalue weighted by Crippen LogP contribution is 2.28. The summed E-state index contributed by atoms with van der Waals surface area (Å²) in [5, 5.41) is 9.77. The summed E-state index contributed by atoms with van der Waals surface area (Å²) in [4.78, 5) is 8.74. The largest absolute Gasteiger partial charge is 0.507 e. The molecule has 18 heavy (non-hydrogen) atoms. The number of aromatic hydroxyl groups is 1. The fourth-order valence-electron chi connectivity index (χ4n) is 1.87. The molecule has 0 bridgehead atoms. The number of hydrogen-bond donors (Lipinski definition) is 2. The van der Waals surface area contributed by atoms with Crippen molar-refractivity contribution in [2.45, 2.75) is 27.7 Å². The number of benzene rings is 1. The number of phenols is 1. The molecule has 3 N–H and O–H groups in total. The summed E-state index contributed by atoms with van der Waals surface area (Å²) >= 11 is 0. The first-order valence-corrected chi connectivity index (χ1v) is 5.81. The van der Waals surface area contributed by atoms with Crippen LogP contribution in [0.2, 0.25) is 0 Å². The first-order chi connectivity index (χ1) is 8.40. The zero-order valence-electron chi connectivity index (χ0n) is 11.1. The molecule has 0 amide bonds. The van der Waals surface area contributed by atoms with Crippen LogP contribution in [-0.2, 0) is 0 Å². The Hall–Kier alpha value is -2.10. The SMILES string of the molecule is Cc1cc(-c2nc(C)c(C)c(N)n2)cc(C)c1O. The second-order valence-corrected chi connectivity index (χ2v) is 4.60. The number of rotatable bonds is 1. The third kappa shape index (κ3) is 2.01.